The zero-order valence-corrected chi connectivity index (χ0v) is 12.9. The summed E-state index contributed by atoms with van der Waals surface area (Å²) in [5.41, 5.74) is 11.4. The van der Waals surface area contributed by atoms with E-state index < -0.39 is 0 Å². The maximum atomic E-state index is 5.97. The summed E-state index contributed by atoms with van der Waals surface area (Å²) < 4.78 is 0. The van der Waals surface area contributed by atoms with Crippen LogP contribution in [0.4, 0.5) is 11.8 Å². The van der Waals surface area contributed by atoms with Crippen molar-refractivity contribution in [2.24, 2.45) is 0 Å². The summed E-state index contributed by atoms with van der Waals surface area (Å²) in [6, 6.07) is 8.76. The largest absolute Gasteiger partial charge is 0.368 e. The van der Waals surface area contributed by atoms with Crippen LogP contribution >= 0.6 is 0 Å². The molecule has 0 fully saturated rings. The van der Waals surface area contributed by atoms with Crippen LogP contribution in [-0.4, -0.2) is 16.5 Å². The number of aromatic nitrogens is 2. The van der Waals surface area contributed by atoms with Crippen LogP contribution in [0.1, 0.15) is 41.6 Å². The van der Waals surface area contributed by atoms with Gasteiger partial charge in [0.05, 0.1) is 5.69 Å². The molecule has 0 saturated heterocycles. The lowest BCUT2D eigenvalue weighted by atomic mass is 9.96. The molecule has 4 rings (SSSR count). The molecule has 0 radical (unpaired) electrons. The van der Waals surface area contributed by atoms with Crippen molar-refractivity contribution in [3.63, 3.8) is 0 Å². The van der Waals surface area contributed by atoms with Crippen LogP contribution in [0.25, 0.3) is 0 Å². The van der Waals surface area contributed by atoms with E-state index in [0.717, 1.165) is 44.6 Å². The Kier molecular flexibility index (Phi) is 3.45. The summed E-state index contributed by atoms with van der Waals surface area (Å²) in [5.74, 6) is 1.51. The van der Waals surface area contributed by atoms with Gasteiger partial charge in [-0.3, -0.25) is 0 Å². The van der Waals surface area contributed by atoms with Gasteiger partial charge < -0.3 is 10.6 Å². The van der Waals surface area contributed by atoms with E-state index in [9.17, 15) is 0 Å². The Morgan fingerprint density at radius 3 is 2.64 bits per heavy atom. The van der Waals surface area contributed by atoms with E-state index in [1.807, 2.05) is 0 Å². The Hall–Kier alpha value is -2.10. The van der Waals surface area contributed by atoms with Gasteiger partial charge in [-0.2, -0.15) is 4.98 Å². The van der Waals surface area contributed by atoms with Crippen LogP contribution < -0.4 is 10.6 Å². The topological polar surface area (TPSA) is 55.0 Å². The highest BCUT2D eigenvalue weighted by molar-refractivity contribution is 5.54. The first-order valence-corrected chi connectivity index (χ1v) is 8.28. The molecule has 0 amide bonds. The van der Waals surface area contributed by atoms with Crippen molar-refractivity contribution in [1.29, 1.82) is 0 Å². The van der Waals surface area contributed by atoms with Crippen LogP contribution in [0.2, 0.25) is 0 Å². The molecule has 1 aromatic heterocycles. The molecular formula is C18H22N4. The number of benzene rings is 1. The second-order valence-electron chi connectivity index (χ2n) is 6.33. The average molecular weight is 294 g/mol. The number of hydrogen-bond donors (Lipinski definition) is 1. The molecule has 1 aliphatic heterocycles. The predicted molar refractivity (Wildman–Crippen MR) is 88.9 cm³/mol. The van der Waals surface area contributed by atoms with E-state index >= 15 is 0 Å². The van der Waals surface area contributed by atoms with Crippen molar-refractivity contribution in [2.45, 2.75) is 45.1 Å². The van der Waals surface area contributed by atoms with Crippen LogP contribution in [0.3, 0.4) is 0 Å². The Morgan fingerprint density at radius 1 is 0.909 bits per heavy atom. The second kappa shape index (κ2) is 5.59. The molecule has 2 aromatic rings. The van der Waals surface area contributed by atoms with E-state index in [1.54, 1.807) is 0 Å². The van der Waals surface area contributed by atoms with Gasteiger partial charge in [0, 0.05) is 18.7 Å². The lowest BCUT2D eigenvalue weighted by Gasteiger charge is -2.27. The van der Waals surface area contributed by atoms with Gasteiger partial charge in [-0.05, 0) is 49.7 Å². The number of nitrogens with two attached hydrogens (primary N) is 1. The van der Waals surface area contributed by atoms with E-state index in [0.29, 0.717) is 5.95 Å². The second-order valence-corrected chi connectivity index (χ2v) is 6.33. The first-order chi connectivity index (χ1) is 10.8. The molecule has 0 spiro atoms. The maximum absolute atomic E-state index is 5.97. The van der Waals surface area contributed by atoms with Gasteiger partial charge in [0.1, 0.15) is 5.82 Å². The Bertz CT molecular complexity index is 695. The Labute approximate surface area is 131 Å². The predicted octanol–water partition coefficient (Wildman–Crippen LogP) is 2.89. The third-order valence-corrected chi connectivity index (χ3v) is 4.83. The first kappa shape index (κ1) is 13.6. The van der Waals surface area contributed by atoms with Gasteiger partial charge in [-0.1, -0.05) is 24.3 Å². The minimum atomic E-state index is 0.424. The fourth-order valence-corrected chi connectivity index (χ4v) is 3.74. The molecular weight excluding hydrogens is 272 g/mol. The normalized spacial score (nSPS) is 17.5. The Morgan fingerprint density at radius 2 is 1.73 bits per heavy atom. The van der Waals surface area contributed by atoms with Crippen molar-refractivity contribution in [3.05, 3.63) is 46.6 Å². The van der Waals surface area contributed by atoms with Crippen LogP contribution in [0, 0.1) is 0 Å². The summed E-state index contributed by atoms with van der Waals surface area (Å²) in [4.78, 5) is 11.5. The SMILES string of the molecule is Nc1nc2c(c(N3CCCc4ccccc4C3)n1)CCCC2. The van der Waals surface area contributed by atoms with Crippen LogP contribution in [0.5, 0.6) is 0 Å². The first-order valence-electron chi connectivity index (χ1n) is 8.28. The minimum Gasteiger partial charge on any atom is -0.368 e. The number of nitrogen functional groups attached to an aromatic ring is 1. The van der Waals surface area contributed by atoms with Crippen LogP contribution in [0.15, 0.2) is 24.3 Å². The molecule has 1 aromatic carbocycles. The number of aryl methyl sites for hydroxylation is 2. The summed E-state index contributed by atoms with van der Waals surface area (Å²) in [6.07, 6.45) is 6.89. The number of anilines is 2. The van der Waals surface area contributed by atoms with Crippen molar-refractivity contribution < 1.29 is 0 Å². The van der Waals surface area contributed by atoms with E-state index in [1.165, 1.54) is 35.2 Å². The average Bonchev–Trinajstić information content (AvgIpc) is 2.76. The zero-order chi connectivity index (χ0) is 14.9. The number of rotatable bonds is 1. The smallest absolute Gasteiger partial charge is 0.222 e. The van der Waals surface area contributed by atoms with Gasteiger partial charge in [-0.25, -0.2) is 4.98 Å². The lowest BCUT2D eigenvalue weighted by molar-refractivity contribution is 0.653. The summed E-state index contributed by atoms with van der Waals surface area (Å²) in [5, 5.41) is 0. The number of fused-ring (bicyclic) bond motifs is 2. The highest BCUT2D eigenvalue weighted by Gasteiger charge is 2.23. The summed E-state index contributed by atoms with van der Waals surface area (Å²) in [6.45, 7) is 1.97. The minimum absolute atomic E-state index is 0.424. The van der Waals surface area contributed by atoms with Crippen molar-refractivity contribution in [3.8, 4) is 0 Å². The third-order valence-electron chi connectivity index (χ3n) is 4.83. The fraction of sp³-hybridized carbons (Fsp3) is 0.444. The van der Waals surface area contributed by atoms with Crippen LogP contribution in [-0.2, 0) is 25.8 Å². The molecule has 2 N–H and O–H groups in total. The maximum Gasteiger partial charge on any atom is 0.222 e. The molecule has 2 aliphatic rings. The molecule has 2 heterocycles. The van der Waals surface area contributed by atoms with Crippen molar-refractivity contribution in [2.75, 3.05) is 17.2 Å². The van der Waals surface area contributed by atoms with Gasteiger partial charge in [0.25, 0.3) is 0 Å². The zero-order valence-electron chi connectivity index (χ0n) is 12.9. The standard InChI is InChI=1S/C18H22N4/c19-18-20-16-10-4-3-9-15(16)17(21-18)22-11-5-8-13-6-1-2-7-14(13)12-22/h1-2,6-7H,3-5,8-12H2,(H2,19,20,21). The van der Waals surface area contributed by atoms with E-state index in [-0.39, 0.29) is 0 Å². The van der Waals surface area contributed by atoms with Crippen molar-refractivity contribution >= 4 is 11.8 Å². The van der Waals surface area contributed by atoms with E-state index in [2.05, 4.69) is 39.1 Å². The quantitative estimate of drug-likeness (QED) is 0.878. The monoisotopic (exact) mass is 294 g/mol. The summed E-state index contributed by atoms with van der Waals surface area (Å²) in [7, 11) is 0. The molecule has 22 heavy (non-hydrogen) atoms. The molecule has 4 nitrogen and oxygen atoms in total. The molecule has 0 bridgehead atoms. The van der Waals surface area contributed by atoms with E-state index in [4.69, 9.17) is 5.73 Å². The molecule has 1 aliphatic carbocycles. The molecule has 4 heteroatoms. The highest BCUT2D eigenvalue weighted by Crippen LogP contribution is 2.31. The third kappa shape index (κ3) is 2.43. The highest BCUT2D eigenvalue weighted by atomic mass is 15.2. The van der Waals surface area contributed by atoms with Crippen molar-refractivity contribution in [1.82, 2.24) is 9.97 Å². The Balaban J connectivity index is 1.74. The van der Waals surface area contributed by atoms with Gasteiger partial charge in [0.2, 0.25) is 5.95 Å². The summed E-state index contributed by atoms with van der Waals surface area (Å²) >= 11 is 0. The molecule has 114 valence electrons. The molecule has 0 atom stereocenters. The van der Waals surface area contributed by atoms with Gasteiger partial charge in [-0.15, -0.1) is 0 Å². The van der Waals surface area contributed by atoms with Gasteiger partial charge in [0.15, 0.2) is 0 Å². The number of hydrogen-bond acceptors (Lipinski definition) is 4. The number of nitrogens with zero attached hydrogens (tertiary/aromatic N) is 3. The fourth-order valence-electron chi connectivity index (χ4n) is 3.74. The molecule has 0 saturated carbocycles. The lowest BCUT2D eigenvalue weighted by Crippen LogP contribution is -2.27. The molecule has 0 unspecified atom stereocenters. The van der Waals surface area contributed by atoms with Gasteiger partial charge >= 0.3 is 0 Å².